The molecule has 3 unspecified atom stereocenters. The lowest BCUT2D eigenvalue weighted by atomic mass is 9.90. The van der Waals surface area contributed by atoms with Gasteiger partial charge in [0.1, 0.15) is 5.75 Å². The zero-order chi connectivity index (χ0) is 32.2. The fourth-order valence-corrected chi connectivity index (χ4v) is 7.02. The van der Waals surface area contributed by atoms with Crippen molar-refractivity contribution in [3.63, 3.8) is 0 Å². The quantitative estimate of drug-likeness (QED) is 0.202. The molecule has 6 rings (SSSR count). The van der Waals surface area contributed by atoms with E-state index in [1.165, 1.54) is 5.56 Å². The number of methoxy groups -OCH3 is 1. The molecular formula is C37H44N4O4. The molecule has 2 aromatic carbocycles. The Kier molecular flexibility index (Phi) is 8.20. The van der Waals surface area contributed by atoms with Crippen LogP contribution in [0.15, 0.2) is 42.7 Å². The van der Waals surface area contributed by atoms with Gasteiger partial charge >= 0.3 is 0 Å². The zero-order valence-corrected chi connectivity index (χ0v) is 27.7. The van der Waals surface area contributed by atoms with Crippen LogP contribution in [0.1, 0.15) is 105 Å². The van der Waals surface area contributed by atoms with Gasteiger partial charge in [-0.2, -0.15) is 0 Å². The Morgan fingerprint density at radius 2 is 1.78 bits per heavy atom. The fourth-order valence-electron chi connectivity index (χ4n) is 7.02. The lowest BCUT2D eigenvalue weighted by Crippen LogP contribution is -2.48. The van der Waals surface area contributed by atoms with Gasteiger partial charge in [0.15, 0.2) is 11.5 Å². The summed E-state index contributed by atoms with van der Waals surface area (Å²) in [5.74, 6) is 1.00. The predicted octanol–water partition coefficient (Wildman–Crippen LogP) is 7.61. The molecule has 2 aliphatic rings. The van der Waals surface area contributed by atoms with Gasteiger partial charge in [0.2, 0.25) is 0 Å². The highest BCUT2D eigenvalue weighted by atomic mass is 16.5. The van der Waals surface area contributed by atoms with Gasteiger partial charge in [0.25, 0.3) is 5.91 Å². The molecule has 0 bridgehead atoms. The lowest BCUT2D eigenvalue weighted by molar-refractivity contribution is -0.0587. The van der Waals surface area contributed by atoms with Crippen LogP contribution in [0.3, 0.4) is 0 Å². The van der Waals surface area contributed by atoms with Crippen molar-refractivity contribution < 1.29 is 19.1 Å². The molecule has 0 spiro atoms. The van der Waals surface area contributed by atoms with Crippen LogP contribution in [-0.2, 0) is 11.3 Å². The predicted molar refractivity (Wildman–Crippen MR) is 179 cm³/mol. The molecule has 1 fully saturated rings. The van der Waals surface area contributed by atoms with Crippen molar-refractivity contribution in [3.8, 4) is 17.0 Å². The van der Waals surface area contributed by atoms with Gasteiger partial charge in [-0.3, -0.25) is 9.59 Å². The summed E-state index contributed by atoms with van der Waals surface area (Å²) in [5, 5.41) is 1.15. The van der Waals surface area contributed by atoms with E-state index in [9.17, 15) is 9.59 Å². The molecular weight excluding hydrogens is 564 g/mol. The number of morpholine rings is 1. The Balaban J connectivity index is 1.63. The van der Waals surface area contributed by atoms with Crippen LogP contribution in [0.4, 0.5) is 0 Å². The highest BCUT2D eigenvalue weighted by Gasteiger charge is 2.33. The normalized spacial score (nSPS) is 18.8. The molecule has 0 N–H and O–H groups in total. The monoisotopic (exact) mass is 608 g/mol. The number of fused-ring (bicyclic) bond motifs is 5. The van der Waals surface area contributed by atoms with E-state index in [1.807, 2.05) is 36.9 Å². The molecule has 8 heteroatoms. The van der Waals surface area contributed by atoms with Crippen LogP contribution in [0.25, 0.3) is 33.8 Å². The molecule has 1 amide bonds. The van der Waals surface area contributed by atoms with Gasteiger partial charge in [-0.25, -0.2) is 4.98 Å². The van der Waals surface area contributed by atoms with Crippen LogP contribution in [0.2, 0.25) is 0 Å². The number of benzene rings is 2. The number of rotatable bonds is 7. The van der Waals surface area contributed by atoms with Crippen molar-refractivity contribution in [1.29, 1.82) is 0 Å². The summed E-state index contributed by atoms with van der Waals surface area (Å²) in [5.41, 5.74) is 8.48. The van der Waals surface area contributed by atoms with Gasteiger partial charge in [-0.1, -0.05) is 26.0 Å². The van der Waals surface area contributed by atoms with E-state index in [1.54, 1.807) is 20.4 Å². The average molecular weight is 609 g/mol. The molecule has 8 nitrogen and oxygen atoms in total. The molecule has 236 valence electrons. The Bertz CT molecular complexity index is 1820. The lowest BCUT2D eigenvalue weighted by Gasteiger charge is -2.35. The molecule has 0 radical (unpaired) electrons. The van der Waals surface area contributed by atoms with Crippen LogP contribution >= 0.6 is 0 Å². The minimum Gasteiger partial charge on any atom is -0.497 e. The summed E-state index contributed by atoms with van der Waals surface area (Å²) >= 11 is 0. The standard InChI is InChI=1S/C37H44N4O4/c1-9-22(4)33-31-12-10-26(25(7)42)16-32(31)40-19-28(14-27-15-29(44-8)11-13-30(27)36(33)40)35-34(38-20-41(35)21(2)3)37(43)39-17-23(5)45-24(6)18-39/h10-16,20-24H,9,17-19H2,1-8H3. The fraction of sp³-hybridized carbons (Fsp3) is 0.432. The number of imidazole rings is 1. The summed E-state index contributed by atoms with van der Waals surface area (Å²) in [6.45, 7) is 15.9. The summed E-state index contributed by atoms with van der Waals surface area (Å²) in [7, 11) is 1.68. The van der Waals surface area contributed by atoms with Gasteiger partial charge < -0.3 is 23.5 Å². The third kappa shape index (κ3) is 5.39. The highest BCUT2D eigenvalue weighted by molar-refractivity contribution is 6.04. The van der Waals surface area contributed by atoms with Crippen molar-refractivity contribution in [2.24, 2.45) is 0 Å². The van der Waals surface area contributed by atoms with Crippen LogP contribution in [0.5, 0.6) is 5.75 Å². The molecule has 1 saturated heterocycles. The van der Waals surface area contributed by atoms with Crippen molar-refractivity contribution >= 4 is 34.2 Å². The largest absolute Gasteiger partial charge is 0.497 e. The second kappa shape index (κ2) is 12.0. The van der Waals surface area contributed by atoms with Crippen LogP contribution in [-0.4, -0.2) is 63.1 Å². The number of amides is 1. The number of ether oxygens (including phenoxy) is 2. The number of aromatic nitrogens is 3. The Morgan fingerprint density at radius 1 is 1.04 bits per heavy atom. The Hall–Kier alpha value is -4.17. The molecule has 2 aliphatic heterocycles. The zero-order valence-electron chi connectivity index (χ0n) is 27.7. The van der Waals surface area contributed by atoms with Crippen molar-refractivity contribution in [2.75, 3.05) is 20.2 Å². The van der Waals surface area contributed by atoms with E-state index in [2.05, 4.69) is 61.1 Å². The third-order valence-electron chi connectivity index (χ3n) is 9.35. The number of carbonyl (C=O) groups is 2. The summed E-state index contributed by atoms with van der Waals surface area (Å²) in [6, 6.07) is 12.4. The third-order valence-corrected chi connectivity index (χ3v) is 9.35. The van der Waals surface area contributed by atoms with Gasteiger partial charge in [-0.05, 0) is 94.0 Å². The number of carbonyl (C=O) groups excluding carboxylic acids is 2. The Morgan fingerprint density at radius 3 is 2.42 bits per heavy atom. The van der Waals surface area contributed by atoms with E-state index in [0.717, 1.165) is 51.2 Å². The van der Waals surface area contributed by atoms with Crippen LogP contribution in [0, 0.1) is 0 Å². The molecule has 3 atom stereocenters. The second-order valence-electron chi connectivity index (χ2n) is 13.0. The van der Waals surface area contributed by atoms with Crippen LogP contribution < -0.4 is 4.74 Å². The highest BCUT2D eigenvalue weighted by Crippen LogP contribution is 2.45. The first-order chi connectivity index (χ1) is 21.5. The van der Waals surface area contributed by atoms with Crippen molar-refractivity contribution in [1.82, 2.24) is 19.0 Å². The summed E-state index contributed by atoms with van der Waals surface area (Å²) < 4.78 is 16.1. The van der Waals surface area contributed by atoms with Crippen molar-refractivity contribution in [2.45, 2.75) is 85.6 Å². The molecule has 4 heterocycles. The first-order valence-electron chi connectivity index (χ1n) is 16.1. The maximum atomic E-state index is 14.2. The minimum atomic E-state index is -0.0841. The molecule has 0 aliphatic carbocycles. The maximum absolute atomic E-state index is 14.2. The molecule has 0 saturated carbocycles. The Labute approximate surface area is 265 Å². The van der Waals surface area contributed by atoms with E-state index in [-0.39, 0.29) is 35.9 Å². The van der Waals surface area contributed by atoms with Gasteiger partial charge in [-0.15, -0.1) is 0 Å². The summed E-state index contributed by atoms with van der Waals surface area (Å²) in [4.78, 5) is 33.5. The first-order valence-corrected chi connectivity index (χ1v) is 16.1. The number of nitrogens with zero attached hydrogens (tertiary/aromatic N) is 4. The molecule has 45 heavy (non-hydrogen) atoms. The number of allylic oxidation sites excluding steroid dienone is 1. The van der Waals surface area contributed by atoms with E-state index < -0.39 is 0 Å². The maximum Gasteiger partial charge on any atom is 0.274 e. The minimum absolute atomic E-state index is 0.0341. The van der Waals surface area contributed by atoms with Crippen molar-refractivity contribution in [3.05, 3.63) is 70.8 Å². The number of hydrogen-bond acceptors (Lipinski definition) is 5. The smallest absolute Gasteiger partial charge is 0.274 e. The number of Topliss-reactive ketones (excluding diaryl/α,β-unsaturated/α-hetero) is 1. The second-order valence-corrected chi connectivity index (χ2v) is 13.0. The average Bonchev–Trinajstić information content (AvgIpc) is 3.54. The number of ketones is 1. The van der Waals surface area contributed by atoms with Gasteiger partial charge in [0.05, 0.1) is 43.6 Å². The van der Waals surface area contributed by atoms with E-state index in [0.29, 0.717) is 30.9 Å². The van der Waals surface area contributed by atoms with E-state index >= 15 is 0 Å². The van der Waals surface area contributed by atoms with Gasteiger partial charge in [0, 0.05) is 41.2 Å². The van der Waals surface area contributed by atoms with E-state index in [4.69, 9.17) is 14.5 Å². The summed E-state index contributed by atoms with van der Waals surface area (Å²) in [6.07, 6.45) is 4.87. The first kappa shape index (κ1) is 30.8. The number of hydrogen-bond donors (Lipinski definition) is 0. The molecule has 2 aromatic heterocycles. The molecule has 4 aromatic rings. The SMILES string of the molecule is CCC(C)c1c2n(c3cc(C(C)=O)ccc13)CC(c1c(C(=O)N3CC(C)OC(C)C3)ncn1C(C)C)=Cc1cc(OC)ccc1-2. The topological polar surface area (TPSA) is 78.6 Å².